The molecular formula is C15H28O3. The Morgan fingerprint density at radius 2 is 2.11 bits per heavy atom. The van der Waals surface area contributed by atoms with Crippen LogP contribution in [0, 0.1) is 17.8 Å². The fourth-order valence-corrected chi connectivity index (χ4v) is 3.27. The summed E-state index contributed by atoms with van der Waals surface area (Å²) in [5, 5.41) is 10.9. The highest BCUT2D eigenvalue weighted by Gasteiger charge is 2.47. The van der Waals surface area contributed by atoms with Crippen LogP contribution in [0.3, 0.4) is 0 Å². The van der Waals surface area contributed by atoms with Gasteiger partial charge in [0.1, 0.15) is 0 Å². The first-order chi connectivity index (χ1) is 8.45. The SMILES string of the molecule is CCCC(C(=O)OCC)C1(O)CCC(C)CC1C. The Morgan fingerprint density at radius 1 is 1.44 bits per heavy atom. The molecule has 1 fully saturated rings. The predicted molar refractivity (Wildman–Crippen MR) is 72.2 cm³/mol. The molecule has 0 saturated heterocycles. The molecule has 0 bridgehead atoms. The van der Waals surface area contributed by atoms with E-state index in [2.05, 4.69) is 13.8 Å². The zero-order chi connectivity index (χ0) is 13.8. The van der Waals surface area contributed by atoms with E-state index in [4.69, 9.17) is 4.74 Å². The first-order valence-corrected chi connectivity index (χ1v) is 7.34. The van der Waals surface area contributed by atoms with Crippen molar-refractivity contribution in [2.75, 3.05) is 6.61 Å². The molecule has 106 valence electrons. The predicted octanol–water partition coefficient (Wildman–Crippen LogP) is 3.15. The summed E-state index contributed by atoms with van der Waals surface area (Å²) in [5.74, 6) is 0.236. The fourth-order valence-electron chi connectivity index (χ4n) is 3.27. The van der Waals surface area contributed by atoms with Crippen LogP contribution in [0.25, 0.3) is 0 Å². The van der Waals surface area contributed by atoms with Gasteiger partial charge in [-0.15, -0.1) is 0 Å². The van der Waals surface area contributed by atoms with Crippen LogP contribution in [0.1, 0.15) is 59.8 Å². The monoisotopic (exact) mass is 256 g/mol. The van der Waals surface area contributed by atoms with Gasteiger partial charge in [-0.05, 0) is 44.4 Å². The van der Waals surface area contributed by atoms with Crippen LogP contribution in [-0.2, 0) is 9.53 Å². The van der Waals surface area contributed by atoms with Crippen molar-refractivity contribution in [3.05, 3.63) is 0 Å². The van der Waals surface area contributed by atoms with Crippen LogP contribution < -0.4 is 0 Å². The van der Waals surface area contributed by atoms with E-state index in [1.807, 2.05) is 13.8 Å². The average Bonchev–Trinajstić information content (AvgIpc) is 2.31. The zero-order valence-corrected chi connectivity index (χ0v) is 12.2. The van der Waals surface area contributed by atoms with E-state index in [0.717, 1.165) is 25.7 Å². The lowest BCUT2D eigenvalue weighted by atomic mass is 9.65. The van der Waals surface area contributed by atoms with Gasteiger partial charge >= 0.3 is 5.97 Å². The van der Waals surface area contributed by atoms with Gasteiger partial charge in [0.2, 0.25) is 0 Å². The Labute approximate surface area is 111 Å². The van der Waals surface area contributed by atoms with Gasteiger partial charge in [0.15, 0.2) is 0 Å². The first kappa shape index (κ1) is 15.5. The highest BCUT2D eigenvalue weighted by Crippen LogP contribution is 2.43. The van der Waals surface area contributed by atoms with Crippen LogP contribution in [0.4, 0.5) is 0 Å². The molecule has 0 spiro atoms. The minimum atomic E-state index is -0.866. The smallest absolute Gasteiger partial charge is 0.311 e. The summed E-state index contributed by atoms with van der Waals surface area (Å²) in [7, 11) is 0. The van der Waals surface area contributed by atoms with E-state index in [9.17, 15) is 9.90 Å². The molecule has 4 atom stereocenters. The fraction of sp³-hybridized carbons (Fsp3) is 0.933. The van der Waals surface area contributed by atoms with Gasteiger partial charge in [-0.2, -0.15) is 0 Å². The second-order valence-electron chi connectivity index (χ2n) is 5.87. The summed E-state index contributed by atoms with van der Waals surface area (Å²) in [6.07, 6.45) is 4.33. The summed E-state index contributed by atoms with van der Waals surface area (Å²) in [6.45, 7) is 8.54. The average molecular weight is 256 g/mol. The lowest BCUT2D eigenvalue weighted by Crippen LogP contribution is -2.51. The molecule has 18 heavy (non-hydrogen) atoms. The molecule has 1 saturated carbocycles. The van der Waals surface area contributed by atoms with Crippen molar-refractivity contribution in [2.24, 2.45) is 17.8 Å². The molecule has 0 aromatic rings. The topological polar surface area (TPSA) is 46.5 Å². The number of esters is 1. The van der Waals surface area contributed by atoms with Gasteiger partial charge in [0.25, 0.3) is 0 Å². The molecule has 1 aliphatic rings. The van der Waals surface area contributed by atoms with E-state index in [-0.39, 0.29) is 17.8 Å². The van der Waals surface area contributed by atoms with Gasteiger partial charge in [-0.25, -0.2) is 0 Å². The quantitative estimate of drug-likeness (QED) is 0.769. The number of ether oxygens (including phenoxy) is 1. The second-order valence-corrected chi connectivity index (χ2v) is 5.87. The molecule has 0 aromatic carbocycles. The van der Waals surface area contributed by atoms with E-state index in [1.165, 1.54) is 0 Å². The van der Waals surface area contributed by atoms with Crippen molar-refractivity contribution in [1.29, 1.82) is 0 Å². The molecule has 1 rings (SSSR count). The molecule has 1 N–H and O–H groups in total. The highest BCUT2D eigenvalue weighted by molar-refractivity contribution is 5.74. The van der Waals surface area contributed by atoms with Gasteiger partial charge in [-0.1, -0.05) is 27.2 Å². The molecule has 0 radical (unpaired) electrons. The maximum atomic E-state index is 12.1. The molecule has 4 unspecified atom stereocenters. The number of rotatable bonds is 5. The van der Waals surface area contributed by atoms with Crippen molar-refractivity contribution in [3.63, 3.8) is 0 Å². The third-order valence-electron chi connectivity index (χ3n) is 4.40. The third-order valence-corrected chi connectivity index (χ3v) is 4.40. The van der Waals surface area contributed by atoms with E-state index >= 15 is 0 Å². The molecular weight excluding hydrogens is 228 g/mol. The highest BCUT2D eigenvalue weighted by atomic mass is 16.5. The van der Waals surface area contributed by atoms with Crippen molar-refractivity contribution in [1.82, 2.24) is 0 Å². The van der Waals surface area contributed by atoms with Crippen LogP contribution in [-0.4, -0.2) is 23.3 Å². The molecule has 0 amide bonds. The van der Waals surface area contributed by atoms with Gasteiger partial charge in [-0.3, -0.25) is 4.79 Å². The normalized spacial score (nSPS) is 34.1. The first-order valence-electron chi connectivity index (χ1n) is 7.34. The van der Waals surface area contributed by atoms with Gasteiger partial charge in [0.05, 0.1) is 18.1 Å². The molecule has 0 heterocycles. The Hall–Kier alpha value is -0.570. The van der Waals surface area contributed by atoms with Crippen molar-refractivity contribution < 1.29 is 14.6 Å². The minimum Gasteiger partial charge on any atom is -0.466 e. The second kappa shape index (κ2) is 6.55. The van der Waals surface area contributed by atoms with E-state index in [1.54, 1.807) is 0 Å². The van der Waals surface area contributed by atoms with Crippen molar-refractivity contribution >= 4 is 5.97 Å². The largest absolute Gasteiger partial charge is 0.466 e. The summed E-state index contributed by atoms with van der Waals surface area (Å²) >= 11 is 0. The van der Waals surface area contributed by atoms with Crippen LogP contribution >= 0.6 is 0 Å². The lowest BCUT2D eigenvalue weighted by Gasteiger charge is -2.44. The molecule has 0 aromatic heterocycles. The van der Waals surface area contributed by atoms with E-state index in [0.29, 0.717) is 18.9 Å². The standard InChI is InChI=1S/C15H28O3/c1-5-7-13(14(16)18-6-2)15(17)9-8-11(3)10-12(15)4/h11-13,17H,5-10H2,1-4H3. The minimum absolute atomic E-state index is 0.169. The van der Waals surface area contributed by atoms with Crippen LogP contribution in [0.5, 0.6) is 0 Å². The molecule has 3 nitrogen and oxygen atoms in total. The molecule has 3 heteroatoms. The van der Waals surface area contributed by atoms with Crippen LogP contribution in [0.15, 0.2) is 0 Å². The lowest BCUT2D eigenvalue weighted by molar-refractivity contribution is -0.168. The third kappa shape index (κ3) is 3.25. The summed E-state index contributed by atoms with van der Waals surface area (Å²) in [6, 6.07) is 0. The maximum Gasteiger partial charge on any atom is 0.311 e. The van der Waals surface area contributed by atoms with Gasteiger partial charge < -0.3 is 9.84 Å². The van der Waals surface area contributed by atoms with Crippen molar-refractivity contribution in [3.8, 4) is 0 Å². The Bertz CT molecular complexity index is 277. The van der Waals surface area contributed by atoms with Gasteiger partial charge in [0, 0.05) is 0 Å². The van der Waals surface area contributed by atoms with Crippen LogP contribution in [0.2, 0.25) is 0 Å². The Kier molecular flexibility index (Phi) is 5.64. The number of aliphatic hydroxyl groups is 1. The summed E-state index contributed by atoms with van der Waals surface area (Å²) in [4.78, 5) is 12.1. The maximum absolute atomic E-state index is 12.1. The Morgan fingerprint density at radius 3 is 2.61 bits per heavy atom. The number of carbonyl (C=O) groups excluding carboxylic acids is 1. The number of hydrogen-bond donors (Lipinski definition) is 1. The zero-order valence-electron chi connectivity index (χ0n) is 12.2. The van der Waals surface area contributed by atoms with Crippen molar-refractivity contribution in [2.45, 2.75) is 65.4 Å². The molecule has 0 aliphatic heterocycles. The summed E-state index contributed by atoms with van der Waals surface area (Å²) in [5.41, 5.74) is -0.866. The Balaban J connectivity index is 2.85. The van der Waals surface area contributed by atoms with E-state index < -0.39 is 5.60 Å². The molecule has 1 aliphatic carbocycles. The summed E-state index contributed by atoms with van der Waals surface area (Å²) < 4.78 is 5.15. The number of carbonyl (C=O) groups is 1. The number of hydrogen-bond acceptors (Lipinski definition) is 3.